The molecule has 0 spiro atoms. The van der Waals surface area contributed by atoms with Crippen LogP contribution in [0.4, 0.5) is 0 Å². The Labute approximate surface area is 183 Å². The number of aliphatic carboxylic acids is 1. The normalized spacial score (nSPS) is 30.6. The quantitative estimate of drug-likeness (QED) is 0.448. The Morgan fingerprint density at radius 3 is 2.10 bits per heavy atom. The van der Waals surface area contributed by atoms with Gasteiger partial charge in [-0.05, 0) is 68.4 Å². The van der Waals surface area contributed by atoms with Crippen molar-refractivity contribution < 1.29 is 24.2 Å². The number of carboxylic acid groups (broad SMARTS) is 1. The van der Waals surface area contributed by atoms with E-state index >= 15 is 0 Å². The van der Waals surface area contributed by atoms with Crippen molar-refractivity contribution in [3.8, 4) is 5.75 Å². The first-order valence-corrected chi connectivity index (χ1v) is 11.4. The Balaban J connectivity index is 0.000000193. The summed E-state index contributed by atoms with van der Waals surface area (Å²) in [4.78, 5) is 22.5. The maximum Gasteiger partial charge on any atom is 0.348 e. The number of hydrogen-bond acceptors (Lipinski definition) is 6. The molecule has 3 N–H and O–H groups in total. The Morgan fingerprint density at radius 1 is 1.13 bits per heavy atom. The predicted molar refractivity (Wildman–Crippen MR) is 118 cm³/mol. The number of benzene rings is 1. The molecule has 2 atom stereocenters. The van der Waals surface area contributed by atoms with E-state index in [4.69, 9.17) is 20.3 Å². The lowest BCUT2D eigenvalue weighted by atomic mass is 9.53. The number of carbonyl (C=O) groups excluding carboxylic acids is 1. The molecule has 4 bridgehead atoms. The first kappa shape index (κ1) is 22.9. The lowest BCUT2D eigenvalue weighted by Gasteiger charge is -2.55. The van der Waals surface area contributed by atoms with Crippen LogP contribution in [-0.4, -0.2) is 41.0 Å². The van der Waals surface area contributed by atoms with Crippen LogP contribution in [0, 0.1) is 23.7 Å². The summed E-state index contributed by atoms with van der Waals surface area (Å²) in [5.74, 6) is 1.58. The van der Waals surface area contributed by atoms with Crippen molar-refractivity contribution in [3.05, 3.63) is 30.3 Å². The van der Waals surface area contributed by atoms with Gasteiger partial charge in [0, 0.05) is 11.3 Å². The molecule has 0 saturated heterocycles. The topological polar surface area (TPSA) is 98.8 Å². The lowest BCUT2D eigenvalue weighted by molar-refractivity contribution is -0.168. The molecule has 4 aliphatic rings. The second-order valence-electron chi connectivity index (χ2n) is 9.25. The van der Waals surface area contributed by atoms with Crippen molar-refractivity contribution in [3.63, 3.8) is 0 Å². The monoisotopic (exact) mass is 435 g/mol. The Bertz CT molecular complexity index is 690. The van der Waals surface area contributed by atoms with Gasteiger partial charge >= 0.3 is 11.9 Å². The Morgan fingerprint density at radius 2 is 1.67 bits per heavy atom. The molecule has 4 aliphatic carbocycles. The molecule has 1 aromatic rings. The molecular formula is C23H33NO5S. The molecule has 0 aliphatic heterocycles. The Kier molecular flexibility index (Phi) is 7.69. The van der Waals surface area contributed by atoms with E-state index in [9.17, 15) is 9.59 Å². The predicted octanol–water partition coefficient (Wildman–Crippen LogP) is 3.54. The molecule has 4 saturated carbocycles. The number of hydrogen-bond donors (Lipinski definition) is 3. The highest BCUT2D eigenvalue weighted by atomic mass is 32.1. The van der Waals surface area contributed by atoms with Crippen molar-refractivity contribution in [2.24, 2.45) is 29.4 Å². The van der Waals surface area contributed by atoms with Crippen LogP contribution < -0.4 is 10.5 Å². The number of esters is 1. The third-order valence-corrected chi connectivity index (χ3v) is 6.99. The van der Waals surface area contributed by atoms with Gasteiger partial charge in [0.15, 0.2) is 0 Å². The highest BCUT2D eigenvalue weighted by Crippen LogP contribution is 2.54. The standard InChI is InChI=1S/C13H16O5S.C10H17N/c1-9(8-19)13(16)18-11(12(14)15)7-17-10-5-3-2-4-6-10;11-10-4-7-1-8(5-10)3-9(2-7)6-10/h2-6,9,11,19H,7-8H2,1H3,(H,14,15);7-9H,1-6,11H2/t9-,11?;/m1./s1. The highest BCUT2D eigenvalue weighted by molar-refractivity contribution is 7.80. The van der Waals surface area contributed by atoms with Crippen LogP contribution in [0.25, 0.3) is 0 Å². The second-order valence-corrected chi connectivity index (χ2v) is 9.62. The molecule has 30 heavy (non-hydrogen) atoms. The van der Waals surface area contributed by atoms with E-state index in [1.807, 2.05) is 6.07 Å². The van der Waals surface area contributed by atoms with Crippen molar-refractivity contribution in [1.29, 1.82) is 0 Å². The summed E-state index contributed by atoms with van der Waals surface area (Å²) in [6.45, 7) is 1.39. The molecule has 166 valence electrons. The number of nitrogens with two attached hydrogens (primary N) is 1. The maximum atomic E-state index is 11.5. The van der Waals surface area contributed by atoms with E-state index < -0.39 is 24.0 Å². The molecule has 5 rings (SSSR count). The fraction of sp³-hybridized carbons (Fsp3) is 0.652. The zero-order valence-corrected chi connectivity index (χ0v) is 18.4. The van der Waals surface area contributed by atoms with Crippen LogP contribution in [0.2, 0.25) is 0 Å². The molecule has 0 heterocycles. The molecule has 0 radical (unpaired) electrons. The minimum Gasteiger partial charge on any atom is -0.489 e. The third-order valence-electron chi connectivity index (χ3n) is 6.44. The molecule has 0 aromatic heterocycles. The van der Waals surface area contributed by atoms with Gasteiger partial charge in [-0.2, -0.15) is 12.6 Å². The molecule has 7 heteroatoms. The zero-order valence-electron chi connectivity index (χ0n) is 17.5. The van der Waals surface area contributed by atoms with Gasteiger partial charge in [-0.15, -0.1) is 0 Å². The van der Waals surface area contributed by atoms with Crippen LogP contribution >= 0.6 is 12.6 Å². The maximum absolute atomic E-state index is 11.5. The average Bonchev–Trinajstić information content (AvgIpc) is 2.69. The molecule has 4 fully saturated rings. The van der Waals surface area contributed by atoms with Gasteiger partial charge in [0.1, 0.15) is 12.4 Å². The van der Waals surface area contributed by atoms with E-state index in [1.165, 1.54) is 38.5 Å². The highest BCUT2D eigenvalue weighted by Gasteiger charge is 2.48. The minimum atomic E-state index is -1.32. The van der Waals surface area contributed by atoms with Gasteiger partial charge in [0.05, 0.1) is 5.92 Å². The molecular weight excluding hydrogens is 402 g/mol. The number of ether oxygens (including phenoxy) is 2. The molecule has 0 amide bonds. The first-order valence-electron chi connectivity index (χ1n) is 10.8. The van der Waals surface area contributed by atoms with E-state index in [1.54, 1.807) is 31.2 Å². The summed E-state index contributed by atoms with van der Waals surface area (Å²) >= 11 is 3.96. The summed E-state index contributed by atoms with van der Waals surface area (Å²) in [5, 5.41) is 8.98. The fourth-order valence-electron chi connectivity index (χ4n) is 5.35. The summed E-state index contributed by atoms with van der Waals surface area (Å²) in [5.41, 5.74) is 6.62. The summed E-state index contributed by atoms with van der Waals surface area (Å²) in [6.07, 6.45) is 7.25. The summed E-state index contributed by atoms with van der Waals surface area (Å²) < 4.78 is 10.1. The SMILES string of the molecule is C[C@H](CS)C(=O)OC(COc1ccccc1)C(=O)O.NC12CC3CC(CC(C3)C1)C2. The number of para-hydroxylation sites is 1. The number of carboxylic acids is 1. The third kappa shape index (κ3) is 6.14. The molecule has 1 unspecified atom stereocenters. The van der Waals surface area contributed by atoms with E-state index in [0.717, 1.165) is 17.8 Å². The zero-order chi connectivity index (χ0) is 21.7. The minimum absolute atomic E-state index is 0.232. The lowest BCUT2D eigenvalue weighted by Crippen LogP contribution is -2.55. The first-order chi connectivity index (χ1) is 14.3. The van der Waals surface area contributed by atoms with Crippen molar-refractivity contribution in [1.82, 2.24) is 0 Å². The fourth-order valence-corrected chi connectivity index (χ4v) is 5.50. The van der Waals surface area contributed by atoms with Crippen molar-refractivity contribution in [2.75, 3.05) is 12.4 Å². The van der Waals surface area contributed by atoms with Gasteiger partial charge in [-0.1, -0.05) is 25.1 Å². The Hall–Kier alpha value is -1.73. The van der Waals surface area contributed by atoms with E-state index in [2.05, 4.69) is 12.6 Å². The van der Waals surface area contributed by atoms with Crippen LogP contribution in [-0.2, 0) is 14.3 Å². The van der Waals surface area contributed by atoms with Crippen LogP contribution in [0.3, 0.4) is 0 Å². The number of thiol groups is 1. The molecule has 1 aromatic carbocycles. The van der Waals surface area contributed by atoms with E-state index in [-0.39, 0.29) is 6.61 Å². The van der Waals surface area contributed by atoms with Crippen LogP contribution in [0.1, 0.15) is 45.4 Å². The summed E-state index contributed by atoms with van der Waals surface area (Å²) in [6, 6.07) is 8.73. The largest absolute Gasteiger partial charge is 0.489 e. The van der Waals surface area contributed by atoms with E-state index in [0.29, 0.717) is 17.0 Å². The van der Waals surface area contributed by atoms with Gasteiger partial charge in [-0.3, -0.25) is 4.79 Å². The second kappa shape index (κ2) is 10.1. The van der Waals surface area contributed by atoms with Gasteiger partial charge < -0.3 is 20.3 Å². The molecule has 6 nitrogen and oxygen atoms in total. The number of carbonyl (C=O) groups is 2. The van der Waals surface area contributed by atoms with Crippen LogP contribution in [0.15, 0.2) is 30.3 Å². The van der Waals surface area contributed by atoms with Crippen LogP contribution in [0.5, 0.6) is 5.75 Å². The average molecular weight is 436 g/mol. The summed E-state index contributed by atoms with van der Waals surface area (Å²) in [7, 11) is 0. The van der Waals surface area contributed by atoms with Crippen molar-refractivity contribution >= 4 is 24.6 Å². The van der Waals surface area contributed by atoms with Gasteiger partial charge in [-0.25, -0.2) is 4.79 Å². The van der Waals surface area contributed by atoms with Crippen molar-refractivity contribution in [2.45, 2.75) is 57.1 Å². The smallest absolute Gasteiger partial charge is 0.348 e. The van der Waals surface area contributed by atoms with Gasteiger partial charge in [0.25, 0.3) is 0 Å². The van der Waals surface area contributed by atoms with Gasteiger partial charge in [0.2, 0.25) is 6.10 Å². The number of rotatable bonds is 7.